The quantitative estimate of drug-likeness (QED) is 0.107. The van der Waals surface area contributed by atoms with Gasteiger partial charge in [-0.25, -0.2) is 10.0 Å². The van der Waals surface area contributed by atoms with E-state index < -0.39 is 29.3 Å². The zero-order valence-corrected chi connectivity index (χ0v) is 38.7. The molecule has 0 aliphatic carbocycles. The van der Waals surface area contributed by atoms with E-state index in [0.29, 0.717) is 38.7 Å². The first-order valence-electron chi connectivity index (χ1n) is 18.7. The van der Waals surface area contributed by atoms with Crippen LogP contribution in [-0.2, 0) is 14.4 Å². The van der Waals surface area contributed by atoms with Gasteiger partial charge in [-0.05, 0) is 117 Å². The van der Waals surface area contributed by atoms with Gasteiger partial charge in [-0.1, -0.05) is 101 Å². The molecule has 60 heavy (non-hydrogen) atoms. The number of benzene rings is 5. The van der Waals surface area contributed by atoms with E-state index >= 15 is 0 Å². The number of anilines is 3. The van der Waals surface area contributed by atoms with Crippen LogP contribution in [0.1, 0.15) is 42.5 Å². The molecule has 1 saturated heterocycles. The summed E-state index contributed by atoms with van der Waals surface area (Å²) >= 11 is 30.9. The zero-order chi connectivity index (χ0) is 43.4. The normalized spacial score (nSPS) is 15.4. The molecular weight excluding hydrogens is 932 g/mol. The van der Waals surface area contributed by atoms with Crippen molar-refractivity contribution >= 4 is 120 Å². The second-order valence-electron chi connectivity index (χ2n) is 14.1. The number of rotatable bonds is 13. The van der Waals surface area contributed by atoms with E-state index in [1.807, 2.05) is 71.0 Å². The van der Waals surface area contributed by atoms with E-state index in [9.17, 15) is 14.4 Å². The summed E-state index contributed by atoms with van der Waals surface area (Å²) in [5.74, 6) is 0.109. The molecule has 0 aromatic heterocycles. The molecule has 1 aliphatic heterocycles. The van der Waals surface area contributed by atoms with Crippen LogP contribution < -0.4 is 30.5 Å². The molecule has 0 spiro atoms. The summed E-state index contributed by atoms with van der Waals surface area (Å²) in [4.78, 5) is 46.9. The van der Waals surface area contributed by atoms with Gasteiger partial charge in [0, 0.05) is 14.4 Å². The lowest BCUT2D eigenvalue weighted by molar-refractivity contribution is -0.123. The Morgan fingerprint density at radius 3 is 2.03 bits per heavy atom. The maximum absolute atomic E-state index is 14.4. The minimum Gasteiger partial charge on any atom is -0.481 e. The van der Waals surface area contributed by atoms with Crippen molar-refractivity contribution in [3.63, 3.8) is 0 Å². The summed E-state index contributed by atoms with van der Waals surface area (Å²) in [5, 5.41) is 6.78. The first-order valence-corrected chi connectivity index (χ1v) is 21.9. The number of hydrazine groups is 1. The van der Waals surface area contributed by atoms with Crippen LogP contribution in [0.15, 0.2) is 99.3 Å². The van der Waals surface area contributed by atoms with Crippen LogP contribution in [0.25, 0.3) is 0 Å². The van der Waals surface area contributed by atoms with E-state index in [4.69, 9.17) is 60.9 Å². The highest BCUT2D eigenvalue weighted by Crippen LogP contribution is 2.42. The van der Waals surface area contributed by atoms with Gasteiger partial charge in [0.1, 0.15) is 28.3 Å². The highest BCUT2D eigenvalue weighted by Gasteiger charge is 2.41. The van der Waals surface area contributed by atoms with Crippen molar-refractivity contribution in [3.05, 3.63) is 132 Å². The number of para-hydroxylation sites is 1. The number of halogens is 5. The molecule has 312 valence electrons. The third-order valence-electron chi connectivity index (χ3n) is 9.32. The second-order valence-corrected chi connectivity index (χ2v) is 17.7. The number of amidine groups is 1. The molecule has 0 bridgehead atoms. The largest absolute Gasteiger partial charge is 0.481 e. The van der Waals surface area contributed by atoms with Crippen LogP contribution in [0, 0.1) is 27.7 Å². The van der Waals surface area contributed by atoms with Crippen LogP contribution in [0.2, 0.25) is 20.1 Å². The Hall–Kier alpha value is -4.43. The number of nitrogens with one attached hydrogen (secondary N) is 3. The van der Waals surface area contributed by atoms with E-state index in [-0.39, 0.29) is 43.2 Å². The lowest BCUT2D eigenvalue weighted by atomic mass is 10.1. The van der Waals surface area contributed by atoms with Crippen molar-refractivity contribution in [3.8, 4) is 11.5 Å². The molecule has 5 aromatic carbocycles. The van der Waals surface area contributed by atoms with E-state index in [0.717, 1.165) is 34.0 Å². The minimum atomic E-state index is -1.04. The van der Waals surface area contributed by atoms with Gasteiger partial charge >= 0.3 is 0 Å². The molecule has 0 radical (unpaired) electrons. The number of nitrogens with zero attached hydrogens (tertiary/aromatic N) is 2. The monoisotopic (exact) mass is 969 g/mol. The standard InChI is InChI=1S/C44H40BrCl4N5O5S/c1-7-35(59-37-15-13-23(3)17-25(37)5)43(56)52-33-21-34(29(47)20-28(33)45)50-41-40(44(57)54(53-41)39-30(48)18-27(46)19-31(39)49)60-38-11-9-8-10-32(38)51-42(55)26(6)58-36-14-12-22(2)16-24(36)4/h8-21,26,35,40H,7H2,1-6H3,(H,50,53)(H,51,55)(H,52,56). The molecule has 5 aromatic rings. The van der Waals surface area contributed by atoms with Gasteiger partial charge in [0.15, 0.2) is 12.2 Å². The molecule has 1 aliphatic rings. The summed E-state index contributed by atoms with van der Waals surface area (Å²) in [6.45, 7) is 11.3. The lowest BCUT2D eigenvalue weighted by Crippen LogP contribution is -2.36. The van der Waals surface area contributed by atoms with Gasteiger partial charge in [-0.3, -0.25) is 19.8 Å². The Bertz CT molecular complexity index is 2500. The molecule has 3 N–H and O–H groups in total. The van der Waals surface area contributed by atoms with Gasteiger partial charge < -0.3 is 20.1 Å². The number of ether oxygens (including phenoxy) is 2. The minimum absolute atomic E-state index is 0.115. The summed E-state index contributed by atoms with van der Waals surface area (Å²) in [5.41, 5.74) is 8.25. The Balaban J connectivity index is 1.31. The van der Waals surface area contributed by atoms with Crippen molar-refractivity contribution < 1.29 is 23.9 Å². The maximum Gasteiger partial charge on any atom is 0.267 e. The van der Waals surface area contributed by atoms with Crippen molar-refractivity contribution in [2.45, 2.75) is 70.3 Å². The summed E-state index contributed by atoms with van der Waals surface area (Å²) in [6, 6.07) is 24.7. The molecule has 0 saturated carbocycles. The van der Waals surface area contributed by atoms with Crippen LogP contribution in [0.3, 0.4) is 0 Å². The van der Waals surface area contributed by atoms with Gasteiger partial charge in [0.05, 0.1) is 32.1 Å². The maximum atomic E-state index is 14.4. The topological polar surface area (TPSA) is 121 Å². The Morgan fingerprint density at radius 2 is 1.42 bits per heavy atom. The Labute approximate surface area is 381 Å². The molecule has 1 heterocycles. The third kappa shape index (κ3) is 10.5. The van der Waals surface area contributed by atoms with E-state index in [1.54, 1.807) is 43.3 Å². The Morgan fingerprint density at radius 1 is 0.817 bits per heavy atom. The number of amides is 3. The fourth-order valence-corrected chi connectivity index (χ4v) is 9.09. The molecule has 3 amide bonds. The molecule has 6 rings (SSSR count). The fraction of sp³-hybridized carbons (Fsp3) is 0.227. The number of aryl methyl sites for hydroxylation is 4. The summed E-state index contributed by atoms with van der Waals surface area (Å²) in [7, 11) is 0. The lowest BCUT2D eigenvalue weighted by Gasteiger charge is -2.20. The fourth-order valence-electron chi connectivity index (χ4n) is 6.25. The van der Waals surface area contributed by atoms with Crippen LogP contribution in [0.5, 0.6) is 11.5 Å². The molecule has 1 fully saturated rings. The first kappa shape index (κ1) is 45.1. The van der Waals surface area contributed by atoms with Crippen molar-refractivity contribution in [2.24, 2.45) is 4.99 Å². The molecule has 16 heteroatoms. The number of hydrogen-bond donors (Lipinski definition) is 3. The highest BCUT2D eigenvalue weighted by molar-refractivity contribution is 9.10. The molecule has 10 nitrogen and oxygen atoms in total. The average Bonchev–Trinajstić information content (AvgIpc) is 3.47. The van der Waals surface area contributed by atoms with Gasteiger partial charge in [0.2, 0.25) is 0 Å². The van der Waals surface area contributed by atoms with Gasteiger partial charge in [-0.2, -0.15) is 0 Å². The number of carbonyl (C=O) groups is 3. The average molecular weight is 973 g/mol. The number of carbonyl (C=O) groups excluding carboxylic acids is 3. The van der Waals surface area contributed by atoms with Crippen molar-refractivity contribution in [2.75, 3.05) is 15.6 Å². The third-order valence-corrected chi connectivity index (χ3v) is 12.3. The van der Waals surface area contributed by atoms with Crippen LogP contribution in [0.4, 0.5) is 22.7 Å². The van der Waals surface area contributed by atoms with E-state index in [2.05, 4.69) is 32.0 Å². The van der Waals surface area contributed by atoms with Crippen molar-refractivity contribution in [1.82, 2.24) is 5.43 Å². The van der Waals surface area contributed by atoms with E-state index in [1.165, 1.54) is 17.1 Å². The number of aliphatic imine (C=N–C) groups is 1. The predicted molar refractivity (Wildman–Crippen MR) is 248 cm³/mol. The van der Waals surface area contributed by atoms with Gasteiger partial charge in [-0.15, -0.1) is 11.8 Å². The van der Waals surface area contributed by atoms with Crippen LogP contribution in [-0.4, -0.2) is 41.0 Å². The molecule has 3 unspecified atom stereocenters. The van der Waals surface area contributed by atoms with Gasteiger partial charge in [0.25, 0.3) is 17.7 Å². The first-order chi connectivity index (χ1) is 28.5. The summed E-state index contributed by atoms with van der Waals surface area (Å²) < 4.78 is 12.6. The smallest absolute Gasteiger partial charge is 0.267 e. The Kier molecular flexibility index (Phi) is 14.7. The predicted octanol–water partition coefficient (Wildman–Crippen LogP) is 12.2. The highest BCUT2D eigenvalue weighted by atomic mass is 79.9. The van der Waals surface area contributed by atoms with Crippen LogP contribution >= 0.6 is 74.1 Å². The SMILES string of the molecule is CCC(Oc1ccc(C)cc1C)C(=O)Nc1cc(N=C2NN(c3c(Cl)cc(Cl)cc3Cl)C(=O)C2Sc2ccccc2NC(=O)C(C)Oc2ccc(C)cc2C)c(Cl)cc1Br. The number of thioether (sulfide) groups is 1. The zero-order valence-electron chi connectivity index (χ0n) is 33.3. The summed E-state index contributed by atoms with van der Waals surface area (Å²) in [6.07, 6.45) is -1.25. The second kappa shape index (κ2) is 19.5. The van der Waals surface area contributed by atoms with Crippen molar-refractivity contribution in [1.29, 1.82) is 0 Å². The number of hydrogen-bond acceptors (Lipinski definition) is 7. The molecule has 3 atom stereocenters. The molecular formula is C44H40BrCl4N5O5S.